The van der Waals surface area contributed by atoms with Gasteiger partial charge in [-0.15, -0.1) is 0 Å². The maximum absolute atomic E-state index is 13.1. The minimum atomic E-state index is -2.56. The van der Waals surface area contributed by atoms with Gasteiger partial charge in [-0.2, -0.15) is 4.98 Å². The maximum Gasteiger partial charge on any atom is 0.248 e. The number of nitrogens with one attached hydrogen (secondary N) is 1. The Morgan fingerprint density at radius 1 is 1.23 bits per heavy atom. The number of carbonyl (C=O) groups excluding carboxylic acids is 1. The fourth-order valence-corrected chi connectivity index (χ4v) is 3.30. The number of halogens is 2. The van der Waals surface area contributed by atoms with Crippen LogP contribution in [0, 0.1) is 5.92 Å². The zero-order valence-corrected chi connectivity index (χ0v) is 12.5. The summed E-state index contributed by atoms with van der Waals surface area (Å²) < 4.78 is 31.4. The van der Waals surface area contributed by atoms with Crippen molar-refractivity contribution in [1.82, 2.24) is 15.5 Å². The molecule has 7 heteroatoms. The summed E-state index contributed by atoms with van der Waals surface area (Å²) in [6.07, 6.45) is 4.60. The molecule has 22 heavy (non-hydrogen) atoms. The Morgan fingerprint density at radius 3 is 2.59 bits per heavy atom. The van der Waals surface area contributed by atoms with E-state index in [9.17, 15) is 13.6 Å². The lowest BCUT2D eigenvalue weighted by Gasteiger charge is -2.26. The van der Waals surface area contributed by atoms with E-state index in [0.717, 1.165) is 25.7 Å². The summed E-state index contributed by atoms with van der Waals surface area (Å²) >= 11 is 0. The minimum Gasteiger partial charge on any atom is -0.347 e. The van der Waals surface area contributed by atoms with Gasteiger partial charge in [-0.1, -0.05) is 18.0 Å². The van der Waals surface area contributed by atoms with E-state index in [0.29, 0.717) is 24.6 Å². The molecule has 3 rings (SSSR count). The molecule has 0 radical (unpaired) electrons. The molecule has 2 aliphatic carbocycles. The molecule has 0 atom stereocenters. The third-order valence-electron chi connectivity index (χ3n) is 4.71. The van der Waals surface area contributed by atoms with Crippen LogP contribution in [0.1, 0.15) is 69.0 Å². The number of hydrogen-bond donors (Lipinski definition) is 1. The van der Waals surface area contributed by atoms with Gasteiger partial charge in [0, 0.05) is 24.7 Å². The number of aromatic nitrogens is 2. The van der Waals surface area contributed by atoms with Gasteiger partial charge in [0.25, 0.3) is 0 Å². The van der Waals surface area contributed by atoms with Crippen molar-refractivity contribution in [2.45, 2.75) is 69.8 Å². The van der Waals surface area contributed by atoms with Crippen molar-refractivity contribution in [1.29, 1.82) is 0 Å². The molecule has 0 spiro atoms. The summed E-state index contributed by atoms with van der Waals surface area (Å²) in [5.74, 6) is -1.65. The van der Waals surface area contributed by atoms with Gasteiger partial charge in [0.1, 0.15) is 0 Å². The second kappa shape index (κ2) is 6.30. The van der Waals surface area contributed by atoms with Crippen LogP contribution in [0.5, 0.6) is 0 Å². The third kappa shape index (κ3) is 3.62. The highest BCUT2D eigenvalue weighted by Gasteiger charge is 2.37. The molecule has 1 heterocycles. The number of amides is 1. The van der Waals surface area contributed by atoms with Gasteiger partial charge in [0.15, 0.2) is 5.82 Å². The second-order valence-corrected chi connectivity index (χ2v) is 6.38. The van der Waals surface area contributed by atoms with Gasteiger partial charge in [-0.3, -0.25) is 4.79 Å². The zero-order valence-electron chi connectivity index (χ0n) is 12.5. The molecule has 0 bridgehead atoms. The second-order valence-electron chi connectivity index (χ2n) is 6.38. The van der Waals surface area contributed by atoms with E-state index >= 15 is 0 Å². The molecular formula is C15H21F2N3O2. The van der Waals surface area contributed by atoms with Gasteiger partial charge in [-0.05, 0) is 25.7 Å². The normalized spacial score (nSPS) is 22.8. The van der Waals surface area contributed by atoms with Crippen LogP contribution < -0.4 is 5.32 Å². The van der Waals surface area contributed by atoms with E-state index in [1.54, 1.807) is 0 Å². The molecule has 1 amide bonds. The standard InChI is InChI=1S/C15H21F2N3O2/c16-15(17)7-5-10(6-8-15)13-19-12(22-20-13)9-18-14(21)11-3-1-2-4-11/h10-11H,1-9H2,(H,18,21). The Balaban J connectivity index is 1.50. The molecule has 1 aromatic heterocycles. The van der Waals surface area contributed by atoms with E-state index in [2.05, 4.69) is 15.5 Å². The maximum atomic E-state index is 13.1. The van der Waals surface area contributed by atoms with Crippen LogP contribution in [-0.2, 0) is 11.3 Å². The van der Waals surface area contributed by atoms with Crippen molar-refractivity contribution in [2.75, 3.05) is 0 Å². The zero-order chi connectivity index (χ0) is 15.6. The van der Waals surface area contributed by atoms with Crippen LogP contribution >= 0.6 is 0 Å². The molecule has 122 valence electrons. The van der Waals surface area contributed by atoms with Crippen LogP contribution in [0.4, 0.5) is 8.78 Å². The predicted molar refractivity (Wildman–Crippen MR) is 74.3 cm³/mol. The average Bonchev–Trinajstić information content (AvgIpc) is 3.16. The number of alkyl halides is 2. The summed E-state index contributed by atoms with van der Waals surface area (Å²) in [5, 5.41) is 6.70. The summed E-state index contributed by atoms with van der Waals surface area (Å²) in [6, 6.07) is 0. The highest BCUT2D eigenvalue weighted by atomic mass is 19.3. The SMILES string of the molecule is O=C(NCc1nc(C2CCC(F)(F)CC2)no1)C1CCCC1. The fourth-order valence-electron chi connectivity index (χ4n) is 3.30. The molecule has 0 unspecified atom stereocenters. The first-order valence-corrected chi connectivity index (χ1v) is 8.01. The van der Waals surface area contributed by atoms with Crippen LogP contribution in [0.25, 0.3) is 0 Å². The van der Waals surface area contributed by atoms with Crippen molar-refractivity contribution in [3.05, 3.63) is 11.7 Å². The Hall–Kier alpha value is -1.53. The fraction of sp³-hybridized carbons (Fsp3) is 0.800. The Labute approximate surface area is 127 Å². The van der Waals surface area contributed by atoms with E-state index in [1.807, 2.05) is 0 Å². The first kappa shape index (κ1) is 15.4. The van der Waals surface area contributed by atoms with Crippen molar-refractivity contribution >= 4 is 5.91 Å². The van der Waals surface area contributed by atoms with E-state index in [1.165, 1.54) is 0 Å². The number of nitrogens with zero attached hydrogens (tertiary/aromatic N) is 2. The van der Waals surface area contributed by atoms with Crippen LogP contribution in [-0.4, -0.2) is 22.0 Å². The van der Waals surface area contributed by atoms with Gasteiger partial charge in [0.05, 0.1) is 6.54 Å². The summed E-state index contributed by atoms with van der Waals surface area (Å²) in [7, 11) is 0. The number of hydrogen-bond acceptors (Lipinski definition) is 4. The van der Waals surface area contributed by atoms with Crippen LogP contribution in [0.2, 0.25) is 0 Å². The minimum absolute atomic E-state index is 0.0366. The van der Waals surface area contributed by atoms with Crippen molar-refractivity contribution in [2.24, 2.45) is 5.92 Å². The van der Waals surface area contributed by atoms with Crippen LogP contribution in [0.3, 0.4) is 0 Å². The van der Waals surface area contributed by atoms with Crippen LogP contribution in [0.15, 0.2) is 4.52 Å². The number of carbonyl (C=O) groups is 1. The highest BCUT2D eigenvalue weighted by Crippen LogP contribution is 2.39. The summed E-state index contributed by atoms with van der Waals surface area (Å²) in [6.45, 7) is 0.214. The largest absolute Gasteiger partial charge is 0.347 e. The van der Waals surface area contributed by atoms with Crippen molar-refractivity contribution in [3.63, 3.8) is 0 Å². The van der Waals surface area contributed by atoms with E-state index in [-0.39, 0.29) is 37.1 Å². The Bertz CT molecular complexity index is 517. The van der Waals surface area contributed by atoms with Gasteiger partial charge >= 0.3 is 0 Å². The molecule has 2 fully saturated rings. The smallest absolute Gasteiger partial charge is 0.248 e. The first-order chi connectivity index (χ1) is 10.5. The molecule has 0 saturated heterocycles. The quantitative estimate of drug-likeness (QED) is 0.927. The molecule has 0 aliphatic heterocycles. The van der Waals surface area contributed by atoms with E-state index in [4.69, 9.17) is 4.52 Å². The van der Waals surface area contributed by atoms with Crippen molar-refractivity contribution in [3.8, 4) is 0 Å². The molecule has 0 aromatic carbocycles. The average molecular weight is 313 g/mol. The molecule has 1 N–H and O–H groups in total. The molecule has 1 aromatic rings. The summed E-state index contributed by atoms with van der Waals surface area (Å²) in [5.41, 5.74) is 0. The number of rotatable bonds is 4. The summed E-state index contributed by atoms with van der Waals surface area (Å²) in [4.78, 5) is 16.2. The first-order valence-electron chi connectivity index (χ1n) is 8.01. The molecule has 5 nitrogen and oxygen atoms in total. The third-order valence-corrected chi connectivity index (χ3v) is 4.71. The molecule has 2 aliphatic rings. The Kier molecular flexibility index (Phi) is 4.40. The highest BCUT2D eigenvalue weighted by molar-refractivity contribution is 5.78. The van der Waals surface area contributed by atoms with Gasteiger partial charge in [0.2, 0.25) is 17.7 Å². The van der Waals surface area contributed by atoms with Gasteiger partial charge in [-0.25, -0.2) is 8.78 Å². The topological polar surface area (TPSA) is 68.0 Å². The molecule has 2 saturated carbocycles. The lowest BCUT2D eigenvalue weighted by atomic mass is 9.86. The van der Waals surface area contributed by atoms with E-state index < -0.39 is 5.92 Å². The lowest BCUT2D eigenvalue weighted by molar-refractivity contribution is -0.125. The van der Waals surface area contributed by atoms with Gasteiger partial charge < -0.3 is 9.84 Å². The Morgan fingerprint density at radius 2 is 1.91 bits per heavy atom. The van der Waals surface area contributed by atoms with Crippen molar-refractivity contribution < 1.29 is 18.1 Å². The lowest BCUT2D eigenvalue weighted by Crippen LogP contribution is -2.28. The predicted octanol–water partition coefficient (Wildman–Crippen LogP) is 3.17. The molecular weight excluding hydrogens is 292 g/mol. The monoisotopic (exact) mass is 313 g/mol.